The summed E-state index contributed by atoms with van der Waals surface area (Å²) in [5.74, 6) is 1.45. The Morgan fingerprint density at radius 3 is 2.75 bits per heavy atom. The Labute approximate surface area is 232 Å². The van der Waals surface area contributed by atoms with Crippen molar-refractivity contribution in [2.75, 3.05) is 25.6 Å². The third-order valence-corrected chi connectivity index (χ3v) is 6.52. The standard InChI is InChI=1S/C30H30N6O4/c1-38-28-16-23(5-6-25(28)29(37)34-19-20-3-2-11-32-18-20)35-30-33-12-8-26(36-30)21-4-7-27(22(15-21)17-31)40-24-9-13-39-14-10-24/h2-8,11-12,15-16,18,24,29,34,37H,9-10,13-14,19H2,1H3,(H,33,35,36). The highest BCUT2D eigenvalue weighted by atomic mass is 16.5. The Hall–Kier alpha value is -4.56. The van der Waals surface area contributed by atoms with Crippen LogP contribution < -0.4 is 20.1 Å². The third-order valence-electron chi connectivity index (χ3n) is 6.52. The van der Waals surface area contributed by atoms with Crippen LogP contribution in [0.1, 0.15) is 35.8 Å². The summed E-state index contributed by atoms with van der Waals surface area (Å²) in [4.78, 5) is 13.1. The first-order valence-electron chi connectivity index (χ1n) is 13.0. The third kappa shape index (κ3) is 6.71. The summed E-state index contributed by atoms with van der Waals surface area (Å²) < 4.78 is 17.0. The summed E-state index contributed by atoms with van der Waals surface area (Å²) in [7, 11) is 1.55. The lowest BCUT2D eigenvalue weighted by molar-refractivity contribution is 0.0254. The van der Waals surface area contributed by atoms with Gasteiger partial charge in [0.1, 0.15) is 29.9 Å². The van der Waals surface area contributed by atoms with Crippen molar-refractivity contribution in [1.29, 1.82) is 5.26 Å². The molecule has 1 saturated heterocycles. The number of nitriles is 1. The number of ether oxygens (including phenoxy) is 3. The van der Waals surface area contributed by atoms with Crippen LogP contribution in [0.3, 0.4) is 0 Å². The average Bonchev–Trinajstić information content (AvgIpc) is 3.01. The van der Waals surface area contributed by atoms with Crippen LogP contribution in [0.2, 0.25) is 0 Å². The normalized spacial score (nSPS) is 14.2. The fourth-order valence-electron chi connectivity index (χ4n) is 4.40. The molecule has 40 heavy (non-hydrogen) atoms. The van der Waals surface area contributed by atoms with Crippen LogP contribution in [0, 0.1) is 11.3 Å². The van der Waals surface area contributed by atoms with Crippen molar-refractivity contribution >= 4 is 11.6 Å². The first-order chi connectivity index (χ1) is 19.6. The molecular weight excluding hydrogens is 508 g/mol. The lowest BCUT2D eigenvalue weighted by Gasteiger charge is -2.23. The smallest absolute Gasteiger partial charge is 0.227 e. The molecule has 2 aromatic heterocycles. The molecular formula is C30H30N6O4. The number of benzene rings is 2. The van der Waals surface area contributed by atoms with Gasteiger partial charge in [-0.15, -0.1) is 0 Å². The summed E-state index contributed by atoms with van der Waals surface area (Å²) in [6.07, 6.45) is 5.83. The van der Waals surface area contributed by atoms with Crippen molar-refractivity contribution in [3.63, 3.8) is 0 Å². The molecule has 1 atom stereocenters. The maximum absolute atomic E-state index is 10.7. The van der Waals surface area contributed by atoms with E-state index in [4.69, 9.17) is 14.2 Å². The van der Waals surface area contributed by atoms with E-state index in [-0.39, 0.29) is 6.10 Å². The fraction of sp³-hybridized carbons (Fsp3) is 0.267. The number of hydrogen-bond acceptors (Lipinski definition) is 10. The van der Waals surface area contributed by atoms with Crippen LogP contribution in [-0.4, -0.2) is 46.5 Å². The number of nitrogens with one attached hydrogen (secondary N) is 2. The van der Waals surface area contributed by atoms with Gasteiger partial charge >= 0.3 is 0 Å². The minimum atomic E-state index is -0.934. The molecule has 1 aliphatic heterocycles. The molecule has 10 nitrogen and oxygen atoms in total. The molecule has 1 fully saturated rings. The SMILES string of the molecule is COc1cc(Nc2nccc(-c3ccc(OC4CCOCC4)c(C#N)c3)n2)ccc1C(O)NCc1cccnc1. The van der Waals surface area contributed by atoms with Crippen molar-refractivity contribution in [2.45, 2.75) is 31.7 Å². The first kappa shape index (κ1) is 27.0. The van der Waals surface area contributed by atoms with Gasteiger partial charge in [0.2, 0.25) is 5.95 Å². The topological polar surface area (TPSA) is 134 Å². The highest BCUT2D eigenvalue weighted by Crippen LogP contribution is 2.30. The van der Waals surface area contributed by atoms with Crippen LogP contribution in [0.25, 0.3) is 11.3 Å². The number of pyridine rings is 1. The van der Waals surface area contributed by atoms with Crippen molar-refractivity contribution in [3.05, 3.63) is 89.9 Å². The summed E-state index contributed by atoms with van der Waals surface area (Å²) in [6, 6.07) is 18.7. The van der Waals surface area contributed by atoms with Crippen LogP contribution in [-0.2, 0) is 11.3 Å². The Kier molecular flexibility index (Phi) is 8.78. The second kappa shape index (κ2) is 13.0. The predicted octanol–water partition coefficient (Wildman–Crippen LogP) is 4.50. The number of aliphatic hydroxyl groups is 1. The van der Waals surface area contributed by atoms with Gasteiger partial charge in [0, 0.05) is 60.9 Å². The van der Waals surface area contributed by atoms with E-state index in [2.05, 4.69) is 31.7 Å². The van der Waals surface area contributed by atoms with E-state index in [1.54, 1.807) is 50.0 Å². The molecule has 3 N–H and O–H groups in total. The lowest BCUT2D eigenvalue weighted by Crippen LogP contribution is -2.26. The summed E-state index contributed by atoms with van der Waals surface area (Å²) >= 11 is 0. The molecule has 0 bridgehead atoms. The largest absolute Gasteiger partial charge is 0.496 e. The van der Waals surface area contributed by atoms with Crippen molar-refractivity contribution in [3.8, 4) is 28.8 Å². The molecule has 1 unspecified atom stereocenters. The van der Waals surface area contributed by atoms with Gasteiger partial charge in [0.15, 0.2) is 0 Å². The molecule has 4 aromatic rings. The van der Waals surface area contributed by atoms with Crippen LogP contribution in [0.5, 0.6) is 11.5 Å². The summed E-state index contributed by atoms with van der Waals surface area (Å²) in [6.45, 7) is 1.79. The average molecular weight is 539 g/mol. The fourth-order valence-corrected chi connectivity index (χ4v) is 4.40. The molecule has 0 radical (unpaired) electrons. The molecule has 5 rings (SSSR count). The zero-order valence-electron chi connectivity index (χ0n) is 22.1. The van der Waals surface area contributed by atoms with Crippen LogP contribution >= 0.6 is 0 Å². The van der Waals surface area contributed by atoms with Gasteiger partial charge in [0.25, 0.3) is 0 Å². The maximum Gasteiger partial charge on any atom is 0.227 e. The number of nitrogens with zero attached hydrogens (tertiary/aromatic N) is 4. The highest BCUT2D eigenvalue weighted by Gasteiger charge is 2.18. The molecule has 2 aromatic carbocycles. The zero-order chi connectivity index (χ0) is 27.7. The molecule has 0 spiro atoms. The number of aromatic nitrogens is 3. The van der Waals surface area contributed by atoms with Crippen molar-refractivity contribution in [1.82, 2.24) is 20.3 Å². The number of hydrogen-bond donors (Lipinski definition) is 3. The van der Waals surface area contributed by atoms with Gasteiger partial charge in [-0.1, -0.05) is 6.07 Å². The van der Waals surface area contributed by atoms with E-state index < -0.39 is 6.23 Å². The van der Waals surface area contributed by atoms with Crippen LogP contribution in [0.4, 0.5) is 11.6 Å². The molecule has 0 aliphatic carbocycles. The number of anilines is 2. The lowest BCUT2D eigenvalue weighted by atomic mass is 10.1. The van der Waals surface area contributed by atoms with Gasteiger partial charge in [-0.3, -0.25) is 10.3 Å². The molecule has 3 heterocycles. The highest BCUT2D eigenvalue weighted by molar-refractivity contribution is 5.66. The number of aliphatic hydroxyl groups excluding tert-OH is 1. The van der Waals surface area contributed by atoms with Gasteiger partial charge in [-0.05, 0) is 48.0 Å². The second-order valence-electron chi connectivity index (χ2n) is 9.24. The van der Waals surface area contributed by atoms with Gasteiger partial charge in [-0.25, -0.2) is 9.97 Å². The second-order valence-corrected chi connectivity index (χ2v) is 9.24. The van der Waals surface area contributed by atoms with Crippen LogP contribution in [0.15, 0.2) is 73.2 Å². The van der Waals surface area contributed by atoms with E-state index in [9.17, 15) is 10.4 Å². The summed E-state index contributed by atoms with van der Waals surface area (Å²) in [5.41, 5.74) is 4.13. The minimum absolute atomic E-state index is 0.0444. The van der Waals surface area contributed by atoms with E-state index >= 15 is 0 Å². The van der Waals surface area contributed by atoms with Crippen molar-refractivity contribution < 1.29 is 19.3 Å². The van der Waals surface area contributed by atoms with E-state index in [1.165, 1.54) is 0 Å². The van der Waals surface area contributed by atoms with Crippen molar-refractivity contribution in [2.24, 2.45) is 0 Å². The van der Waals surface area contributed by atoms with E-state index in [0.29, 0.717) is 59.7 Å². The predicted molar refractivity (Wildman–Crippen MR) is 149 cm³/mol. The monoisotopic (exact) mass is 538 g/mol. The van der Waals surface area contributed by atoms with Gasteiger partial charge in [0.05, 0.1) is 31.6 Å². The van der Waals surface area contributed by atoms with Gasteiger partial charge in [-0.2, -0.15) is 5.26 Å². The summed E-state index contributed by atoms with van der Waals surface area (Å²) in [5, 5.41) is 26.7. The molecule has 0 saturated carbocycles. The minimum Gasteiger partial charge on any atom is -0.496 e. The Balaban J connectivity index is 1.28. The zero-order valence-corrected chi connectivity index (χ0v) is 22.1. The van der Waals surface area contributed by atoms with E-state index in [1.807, 2.05) is 30.3 Å². The molecule has 204 valence electrons. The quantitative estimate of drug-likeness (QED) is 0.248. The molecule has 0 amide bonds. The Morgan fingerprint density at radius 2 is 1.98 bits per heavy atom. The van der Waals surface area contributed by atoms with Gasteiger partial charge < -0.3 is 24.6 Å². The number of methoxy groups -OCH3 is 1. The Bertz CT molecular complexity index is 1470. The van der Waals surface area contributed by atoms with E-state index in [0.717, 1.165) is 24.0 Å². The first-order valence-corrected chi connectivity index (χ1v) is 13.0. The Morgan fingerprint density at radius 1 is 1.10 bits per heavy atom. The number of rotatable bonds is 10. The molecule has 10 heteroatoms. The molecule has 1 aliphatic rings. The maximum atomic E-state index is 10.7.